The molecule has 3 rings (SSSR count). The number of aromatic nitrogens is 3. The van der Waals surface area contributed by atoms with E-state index in [0.717, 1.165) is 42.4 Å². The van der Waals surface area contributed by atoms with E-state index in [1.54, 1.807) is 18.2 Å². The molecule has 6 nitrogen and oxygen atoms in total. The second-order valence-corrected chi connectivity index (χ2v) is 5.98. The number of hydrogen-bond donors (Lipinski definition) is 0. The normalized spacial score (nSPS) is 14.5. The van der Waals surface area contributed by atoms with Crippen molar-refractivity contribution in [1.82, 2.24) is 14.8 Å². The number of hydrogen-bond acceptors (Lipinski definition) is 5. The molecule has 2 heterocycles. The maximum Gasteiger partial charge on any atom is 0.273 e. The summed E-state index contributed by atoms with van der Waals surface area (Å²) in [4.78, 5) is 10.7. The summed E-state index contributed by atoms with van der Waals surface area (Å²) in [6, 6.07) is 6.85. The van der Waals surface area contributed by atoms with Gasteiger partial charge < -0.3 is 4.57 Å². The SMILES string of the molecule is O=[N+]([O-])c1ccccc1CSc1nnc2n1CCCCC2. The Hall–Kier alpha value is -1.89. The summed E-state index contributed by atoms with van der Waals surface area (Å²) in [6.45, 7) is 0.946. The van der Waals surface area contributed by atoms with E-state index in [9.17, 15) is 10.1 Å². The minimum atomic E-state index is -0.333. The minimum Gasteiger partial charge on any atom is -0.306 e. The van der Waals surface area contributed by atoms with Crippen LogP contribution in [0.3, 0.4) is 0 Å². The first kappa shape index (κ1) is 14.1. The zero-order chi connectivity index (χ0) is 14.7. The average molecular weight is 304 g/mol. The summed E-state index contributed by atoms with van der Waals surface area (Å²) in [5.74, 6) is 1.58. The van der Waals surface area contributed by atoms with Gasteiger partial charge >= 0.3 is 0 Å². The fourth-order valence-electron chi connectivity index (χ4n) is 2.52. The van der Waals surface area contributed by atoms with Gasteiger partial charge in [-0.1, -0.05) is 36.4 Å². The first-order chi connectivity index (χ1) is 10.3. The molecule has 1 aromatic carbocycles. The summed E-state index contributed by atoms with van der Waals surface area (Å²) in [7, 11) is 0. The Balaban J connectivity index is 1.77. The highest BCUT2D eigenvalue weighted by atomic mass is 32.2. The molecule has 7 heteroatoms. The first-order valence-electron chi connectivity index (χ1n) is 7.03. The number of aryl methyl sites for hydroxylation is 1. The van der Waals surface area contributed by atoms with Crippen LogP contribution in [-0.4, -0.2) is 19.7 Å². The molecule has 0 spiro atoms. The van der Waals surface area contributed by atoms with Crippen molar-refractivity contribution in [2.24, 2.45) is 0 Å². The fourth-order valence-corrected chi connectivity index (χ4v) is 3.50. The Morgan fingerprint density at radius 1 is 1.24 bits per heavy atom. The van der Waals surface area contributed by atoms with Crippen molar-refractivity contribution in [3.63, 3.8) is 0 Å². The second-order valence-electron chi connectivity index (χ2n) is 5.04. The van der Waals surface area contributed by atoms with Crippen molar-refractivity contribution >= 4 is 17.4 Å². The Morgan fingerprint density at radius 2 is 2.10 bits per heavy atom. The van der Waals surface area contributed by atoms with Crippen LogP contribution in [0.5, 0.6) is 0 Å². The average Bonchev–Trinajstić information content (AvgIpc) is 2.72. The van der Waals surface area contributed by atoms with Gasteiger partial charge in [-0.15, -0.1) is 10.2 Å². The number of benzene rings is 1. The number of para-hydroxylation sites is 1. The van der Waals surface area contributed by atoms with Gasteiger partial charge in [0, 0.05) is 30.3 Å². The summed E-state index contributed by atoms with van der Waals surface area (Å²) in [5.41, 5.74) is 0.888. The van der Waals surface area contributed by atoms with Crippen LogP contribution in [0.4, 0.5) is 5.69 Å². The lowest BCUT2D eigenvalue weighted by molar-refractivity contribution is -0.385. The first-order valence-corrected chi connectivity index (χ1v) is 8.01. The van der Waals surface area contributed by atoms with E-state index in [0.29, 0.717) is 5.75 Å². The van der Waals surface area contributed by atoms with Gasteiger partial charge in [-0.3, -0.25) is 10.1 Å². The van der Waals surface area contributed by atoms with Gasteiger partial charge in [-0.05, 0) is 12.8 Å². The van der Waals surface area contributed by atoms with Crippen molar-refractivity contribution in [1.29, 1.82) is 0 Å². The van der Waals surface area contributed by atoms with Gasteiger partial charge in [0.15, 0.2) is 5.16 Å². The summed E-state index contributed by atoms with van der Waals surface area (Å²) in [5, 5.41) is 20.4. The number of nitrogens with zero attached hydrogens (tertiary/aromatic N) is 4. The van der Waals surface area contributed by atoms with E-state index in [1.807, 2.05) is 6.07 Å². The molecule has 1 aromatic heterocycles. The Bertz CT molecular complexity index is 656. The van der Waals surface area contributed by atoms with Crippen molar-refractivity contribution in [3.8, 4) is 0 Å². The third-order valence-electron chi connectivity index (χ3n) is 3.62. The van der Waals surface area contributed by atoms with Crippen molar-refractivity contribution in [2.75, 3.05) is 0 Å². The number of nitro groups is 1. The van der Waals surface area contributed by atoms with Crippen LogP contribution in [0.15, 0.2) is 29.4 Å². The highest BCUT2D eigenvalue weighted by Crippen LogP contribution is 2.28. The van der Waals surface area contributed by atoms with Crippen molar-refractivity contribution < 1.29 is 4.92 Å². The summed E-state index contributed by atoms with van der Waals surface area (Å²) in [6.07, 6.45) is 4.49. The monoisotopic (exact) mass is 304 g/mol. The largest absolute Gasteiger partial charge is 0.306 e. The van der Waals surface area contributed by atoms with Crippen molar-refractivity contribution in [3.05, 3.63) is 45.8 Å². The van der Waals surface area contributed by atoms with Crippen LogP contribution < -0.4 is 0 Å². The molecule has 21 heavy (non-hydrogen) atoms. The molecular weight excluding hydrogens is 288 g/mol. The predicted molar refractivity (Wildman–Crippen MR) is 80.2 cm³/mol. The van der Waals surface area contributed by atoms with Gasteiger partial charge in [0.2, 0.25) is 0 Å². The number of thioether (sulfide) groups is 1. The second kappa shape index (κ2) is 6.26. The molecule has 0 saturated heterocycles. The molecule has 0 N–H and O–H groups in total. The van der Waals surface area contributed by atoms with E-state index in [2.05, 4.69) is 14.8 Å². The third-order valence-corrected chi connectivity index (χ3v) is 4.64. The van der Waals surface area contributed by atoms with Gasteiger partial charge in [-0.2, -0.15) is 0 Å². The molecule has 0 atom stereocenters. The lowest BCUT2D eigenvalue weighted by atomic mass is 10.2. The van der Waals surface area contributed by atoms with Crippen LogP contribution in [0.2, 0.25) is 0 Å². The molecule has 0 unspecified atom stereocenters. The molecule has 0 bridgehead atoms. The van der Waals surface area contributed by atoms with Crippen LogP contribution in [-0.2, 0) is 18.7 Å². The van der Waals surface area contributed by atoms with Crippen molar-refractivity contribution in [2.45, 2.75) is 43.1 Å². The van der Waals surface area contributed by atoms with Gasteiger partial charge in [-0.25, -0.2) is 0 Å². The minimum absolute atomic E-state index is 0.167. The Morgan fingerprint density at radius 3 is 2.95 bits per heavy atom. The van der Waals surface area contributed by atoms with Crippen LogP contribution in [0, 0.1) is 10.1 Å². The third kappa shape index (κ3) is 3.07. The zero-order valence-electron chi connectivity index (χ0n) is 11.6. The highest BCUT2D eigenvalue weighted by Gasteiger charge is 2.17. The molecular formula is C14H16N4O2S. The van der Waals surface area contributed by atoms with Gasteiger partial charge in [0.05, 0.1) is 4.92 Å². The molecule has 0 aliphatic carbocycles. The molecule has 0 saturated carbocycles. The zero-order valence-corrected chi connectivity index (χ0v) is 12.4. The summed E-state index contributed by atoms with van der Waals surface area (Å²) < 4.78 is 2.16. The topological polar surface area (TPSA) is 73.8 Å². The van der Waals surface area contributed by atoms with Gasteiger partial charge in [0.25, 0.3) is 5.69 Å². The number of rotatable bonds is 4. The molecule has 0 amide bonds. The maximum absolute atomic E-state index is 11.0. The smallest absolute Gasteiger partial charge is 0.273 e. The maximum atomic E-state index is 11.0. The van der Waals surface area contributed by atoms with E-state index >= 15 is 0 Å². The molecule has 1 aliphatic rings. The van der Waals surface area contributed by atoms with Gasteiger partial charge in [0.1, 0.15) is 5.82 Å². The Labute approximate surface area is 126 Å². The van der Waals surface area contributed by atoms with E-state index < -0.39 is 0 Å². The lowest BCUT2D eigenvalue weighted by Crippen LogP contribution is -2.02. The van der Waals surface area contributed by atoms with E-state index in [1.165, 1.54) is 18.2 Å². The molecule has 0 fully saturated rings. The molecule has 2 aromatic rings. The van der Waals surface area contributed by atoms with E-state index in [-0.39, 0.29) is 10.6 Å². The van der Waals surface area contributed by atoms with Crippen LogP contribution in [0.25, 0.3) is 0 Å². The van der Waals surface area contributed by atoms with Crippen LogP contribution in [0.1, 0.15) is 30.7 Å². The highest BCUT2D eigenvalue weighted by molar-refractivity contribution is 7.98. The lowest BCUT2D eigenvalue weighted by Gasteiger charge is -2.06. The molecule has 0 radical (unpaired) electrons. The quantitative estimate of drug-likeness (QED) is 0.492. The number of fused-ring (bicyclic) bond motifs is 1. The number of nitro benzene ring substituents is 1. The van der Waals surface area contributed by atoms with E-state index in [4.69, 9.17) is 0 Å². The predicted octanol–water partition coefficient (Wildman–Crippen LogP) is 3.21. The molecule has 1 aliphatic heterocycles. The Kier molecular flexibility index (Phi) is 4.19. The standard InChI is InChI=1S/C14H16N4O2S/c19-18(20)12-7-4-3-6-11(12)10-21-14-16-15-13-8-2-1-5-9-17(13)14/h3-4,6-7H,1-2,5,8-10H2. The fraction of sp³-hybridized carbons (Fsp3) is 0.429. The van der Waals surface area contributed by atoms with Crippen LogP contribution >= 0.6 is 11.8 Å². The molecule has 110 valence electrons. The summed E-state index contributed by atoms with van der Waals surface area (Å²) >= 11 is 1.52.